The van der Waals surface area contributed by atoms with Crippen molar-refractivity contribution in [3.05, 3.63) is 52.6 Å². The van der Waals surface area contributed by atoms with Crippen molar-refractivity contribution >= 4 is 17.5 Å². The van der Waals surface area contributed by atoms with Gasteiger partial charge in [0, 0.05) is 11.9 Å². The molecule has 0 saturated heterocycles. The summed E-state index contributed by atoms with van der Waals surface area (Å²) in [6.45, 7) is 7.55. The smallest absolute Gasteiger partial charge is 0.271 e. The van der Waals surface area contributed by atoms with Crippen LogP contribution in [0.4, 0.5) is 5.69 Å². The number of benzene rings is 1. The van der Waals surface area contributed by atoms with E-state index in [0.29, 0.717) is 0 Å². The maximum atomic E-state index is 12.0. The summed E-state index contributed by atoms with van der Waals surface area (Å²) < 4.78 is 0. The second-order valence-corrected chi connectivity index (χ2v) is 5.55. The molecule has 6 heteroatoms. The zero-order valence-corrected chi connectivity index (χ0v) is 13.7. The highest BCUT2D eigenvalue weighted by Crippen LogP contribution is 2.21. The van der Waals surface area contributed by atoms with Crippen molar-refractivity contribution in [2.24, 2.45) is 0 Å². The largest absolute Gasteiger partial charge is 0.342 e. The molecule has 2 amide bonds. The van der Waals surface area contributed by atoms with E-state index in [4.69, 9.17) is 0 Å². The Balaban J connectivity index is 1.95. The first-order valence-corrected chi connectivity index (χ1v) is 7.31. The van der Waals surface area contributed by atoms with Gasteiger partial charge in [-0.1, -0.05) is 17.7 Å². The molecule has 23 heavy (non-hydrogen) atoms. The van der Waals surface area contributed by atoms with Gasteiger partial charge in [-0.05, 0) is 38.8 Å². The molecule has 0 fully saturated rings. The van der Waals surface area contributed by atoms with Crippen LogP contribution in [-0.2, 0) is 4.79 Å². The van der Waals surface area contributed by atoms with Gasteiger partial charge in [-0.3, -0.25) is 14.6 Å². The van der Waals surface area contributed by atoms with Gasteiger partial charge in [-0.2, -0.15) is 0 Å². The predicted octanol–water partition coefficient (Wildman–Crippen LogP) is 2.08. The van der Waals surface area contributed by atoms with Crippen molar-refractivity contribution in [1.29, 1.82) is 0 Å². The van der Waals surface area contributed by atoms with Crippen molar-refractivity contribution in [3.8, 4) is 0 Å². The summed E-state index contributed by atoms with van der Waals surface area (Å²) >= 11 is 0. The standard InChI is InChI=1S/C17H20N4O2/c1-10-5-11(2)16(12(3)6-10)21-15(22)9-20-17(23)14-8-18-13(4)7-19-14/h5-8H,9H2,1-4H3,(H,20,23)(H,21,22). The molecular weight excluding hydrogens is 292 g/mol. The molecule has 0 unspecified atom stereocenters. The minimum atomic E-state index is -0.426. The lowest BCUT2D eigenvalue weighted by Crippen LogP contribution is -2.33. The highest BCUT2D eigenvalue weighted by Gasteiger charge is 2.11. The van der Waals surface area contributed by atoms with Crippen LogP contribution in [0.5, 0.6) is 0 Å². The zero-order chi connectivity index (χ0) is 17.0. The van der Waals surface area contributed by atoms with Crippen molar-refractivity contribution in [3.63, 3.8) is 0 Å². The minimum absolute atomic E-state index is 0.124. The second kappa shape index (κ2) is 7.00. The summed E-state index contributed by atoms with van der Waals surface area (Å²) in [6.07, 6.45) is 2.89. The third-order valence-electron chi connectivity index (χ3n) is 3.36. The molecule has 0 bridgehead atoms. The Morgan fingerprint density at radius 1 is 1.00 bits per heavy atom. The summed E-state index contributed by atoms with van der Waals surface area (Å²) in [5, 5.41) is 5.37. The number of anilines is 1. The molecule has 0 aliphatic rings. The van der Waals surface area contributed by atoms with Crippen LogP contribution in [0.25, 0.3) is 0 Å². The van der Waals surface area contributed by atoms with E-state index in [9.17, 15) is 9.59 Å². The van der Waals surface area contributed by atoms with Crippen LogP contribution in [0.3, 0.4) is 0 Å². The summed E-state index contributed by atoms with van der Waals surface area (Å²) in [4.78, 5) is 31.9. The number of hydrogen-bond donors (Lipinski definition) is 2. The number of carbonyl (C=O) groups is 2. The highest BCUT2D eigenvalue weighted by atomic mass is 16.2. The molecule has 0 saturated carbocycles. The SMILES string of the molecule is Cc1cc(C)c(NC(=O)CNC(=O)c2cnc(C)cn2)c(C)c1. The van der Waals surface area contributed by atoms with Crippen LogP contribution < -0.4 is 10.6 Å². The Hall–Kier alpha value is -2.76. The van der Waals surface area contributed by atoms with Gasteiger partial charge in [0.05, 0.1) is 18.4 Å². The monoisotopic (exact) mass is 312 g/mol. The fourth-order valence-corrected chi connectivity index (χ4v) is 2.32. The van der Waals surface area contributed by atoms with Crippen molar-refractivity contribution in [2.45, 2.75) is 27.7 Å². The zero-order valence-electron chi connectivity index (χ0n) is 13.7. The first-order valence-electron chi connectivity index (χ1n) is 7.31. The Morgan fingerprint density at radius 3 is 2.22 bits per heavy atom. The third kappa shape index (κ3) is 4.35. The molecule has 2 rings (SSSR count). The highest BCUT2D eigenvalue weighted by molar-refractivity contribution is 5.98. The van der Waals surface area contributed by atoms with Crippen LogP contribution in [0.2, 0.25) is 0 Å². The summed E-state index contributed by atoms with van der Waals surface area (Å²) in [5.74, 6) is -0.710. The van der Waals surface area contributed by atoms with E-state index in [0.717, 1.165) is 28.1 Å². The molecule has 0 radical (unpaired) electrons. The minimum Gasteiger partial charge on any atom is -0.342 e. The van der Waals surface area contributed by atoms with E-state index in [-0.39, 0.29) is 18.1 Å². The van der Waals surface area contributed by atoms with E-state index in [2.05, 4.69) is 20.6 Å². The molecule has 2 aromatic rings. The van der Waals surface area contributed by atoms with Crippen LogP contribution in [-0.4, -0.2) is 28.3 Å². The lowest BCUT2D eigenvalue weighted by Gasteiger charge is -2.13. The Morgan fingerprint density at radius 2 is 1.65 bits per heavy atom. The number of rotatable bonds is 4. The molecule has 1 aromatic carbocycles. The summed E-state index contributed by atoms with van der Waals surface area (Å²) in [6, 6.07) is 4.01. The number of nitrogens with zero attached hydrogens (tertiary/aromatic N) is 2. The van der Waals surface area contributed by atoms with Gasteiger partial charge in [0.15, 0.2) is 0 Å². The lowest BCUT2D eigenvalue weighted by molar-refractivity contribution is -0.115. The van der Waals surface area contributed by atoms with E-state index in [1.807, 2.05) is 32.9 Å². The second-order valence-electron chi connectivity index (χ2n) is 5.55. The predicted molar refractivity (Wildman–Crippen MR) is 88.4 cm³/mol. The van der Waals surface area contributed by atoms with Crippen LogP contribution >= 0.6 is 0 Å². The number of aromatic nitrogens is 2. The molecule has 120 valence electrons. The molecule has 0 aliphatic carbocycles. The molecule has 1 aromatic heterocycles. The lowest BCUT2D eigenvalue weighted by atomic mass is 10.1. The average molecular weight is 312 g/mol. The van der Waals surface area contributed by atoms with Gasteiger partial charge in [0.2, 0.25) is 5.91 Å². The molecule has 6 nitrogen and oxygen atoms in total. The van der Waals surface area contributed by atoms with Crippen molar-refractivity contribution in [2.75, 3.05) is 11.9 Å². The Kier molecular flexibility index (Phi) is 5.05. The fraction of sp³-hybridized carbons (Fsp3) is 0.294. The van der Waals surface area contributed by atoms with Crippen LogP contribution in [0.15, 0.2) is 24.5 Å². The van der Waals surface area contributed by atoms with E-state index < -0.39 is 5.91 Å². The van der Waals surface area contributed by atoms with Gasteiger partial charge in [-0.15, -0.1) is 0 Å². The van der Waals surface area contributed by atoms with Crippen LogP contribution in [0, 0.1) is 27.7 Å². The molecule has 0 spiro atoms. The molecule has 2 N–H and O–H groups in total. The first-order chi connectivity index (χ1) is 10.9. The quantitative estimate of drug-likeness (QED) is 0.905. The first kappa shape index (κ1) is 16.6. The van der Waals surface area contributed by atoms with Crippen LogP contribution in [0.1, 0.15) is 32.9 Å². The van der Waals surface area contributed by atoms with E-state index in [1.165, 1.54) is 12.4 Å². The molecular formula is C17H20N4O2. The summed E-state index contributed by atoms with van der Waals surface area (Å²) in [5.41, 5.74) is 4.82. The van der Waals surface area contributed by atoms with Crippen molar-refractivity contribution < 1.29 is 9.59 Å². The Bertz CT molecular complexity index is 716. The fourth-order valence-electron chi connectivity index (χ4n) is 2.32. The molecule has 0 aliphatic heterocycles. The normalized spacial score (nSPS) is 10.3. The maximum absolute atomic E-state index is 12.0. The number of carbonyl (C=O) groups excluding carboxylic acids is 2. The van der Waals surface area contributed by atoms with Gasteiger partial charge in [0.1, 0.15) is 5.69 Å². The van der Waals surface area contributed by atoms with Gasteiger partial charge >= 0.3 is 0 Å². The van der Waals surface area contributed by atoms with Gasteiger partial charge in [0.25, 0.3) is 5.91 Å². The number of hydrogen-bond acceptors (Lipinski definition) is 4. The van der Waals surface area contributed by atoms with Gasteiger partial charge < -0.3 is 10.6 Å². The number of amides is 2. The maximum Gasteiger partial charge on any atom is 0.271 e. The average Bonchev–Trinajstić information content (AvgIpc) is 2.49. The third-order valence-corrected chi connectivity index (χ3v) is 3.36. The molecule has 1 heterocycles. The van der Waals surface area contributed by atoms with E-state index in [1.54, 1.807) is 6.92 Å². The topological polar surface area (TPSA) is 84.0 Å². The van der Waals surface area contributed by atoms with E-state index >= 15 is 0 Å². The number of nitrogens with one attached hydrogen (secondary N) is 2. The molecule has 0 atom stereocenters. The van der Waals surface area contributed by atoms with Crippen molar-refractivity contribution in [1.82, 2.24) is 15.3 Å². The Labute approximate surface area is 135 Å². The van der Waals surface area contributed by atoms with Gasteiger partial charge in [-0.25, -0.2) is 4.98 Å². The summed E-state index contributed by atoms with van der Waals surface area (Å²) in [7, 11) is 0. The number of aryl methyl sites for hydroxylation is 4.